The average molecular weight is 1500 g/mol. The van der Waals surface area contributed by atoms with Crippen LogP contribution in [0.15, 0.2) is 85.1 Å². The molecule has 2 aliphatic rings. The molecule has 2 aliphatic heterocycles. The maximum atomic E-state index is 15.3. The number of H-pyrrole nitrogens is 1. The molecular weight excluding hydrogens is 1410 g/mol. The number of hydrogen-bond acceptors (Lipinski definition) is 22. The SMILES string of the molecule is CC(O)[C@@H]1NC(=O)[C@H](CCCCN)NC(=O)C[C@@H](Cc2c[nH]c3ccccc23)NC(=O)[C@H](Cc2ccc(O)cc2)NC(=O)[C@@H](NC(=O)[C@@H](Cc2ccccc2)NC(=O)CN2CCN(CC(=O)O)CCN(CC(=O)O)CCN(CC(=O)O)CC2)CSSC[C@@H](C(=O)N[C@H](CO)C(C)O)NC1=O.[68Ga]. The number of amides is 8. The monoisotopic (exact) mass is 1500 g/mol. The molecule has 551 valence electrons. The van der Waals surface area contributed by atoms with E-state index >= 15 is 14.4 Å². The first-order valence-electron chi connectivity index (χ1n) is 33.0. The number of carboxylic acids is 3. The third-order valence-electron chi connectivity index (χ3n) is 16.8. The first-order valence-corrected chi connectivity index (χ1v) is 35.5. The van der Waals surface area contributed by atoms with Crippen molar-refractivity contribution in [3.8, 4) is 5.75 Å². The summed E-state index contributed by atoms with van der Waals surface area (Å²) in [6.45, 7) is 1.15. The fourth-order valence-electron chi connectivity index (χ4n) is 11.3. The molecule has 6 rings (SSSR count). The Bertz CT molecular complexity index is 3350. The van der Waals surface area contributed by atoms with Crippen LogP contribution in [0.25, 0.3) is 10.9 Å². The molecule has 3 aromatic carbocycles. The van der Waals surface area contributed by atoms with Gasteiger partial charge in [0.1, 0.15) is 42.0 Å². The minimum absolute atomic E-state index is 0. The molecule has 0 saturated carbocycles. The number of fused-ring (bicyclic) bond motifs is 1. The number of aliphatic hydroxyl groups is 3. The van der Waals surface area contributed by atoms with Gasteiger partial charge in [-0.3, -0.25) is 72.3 Å². The Morgan fingerprint density at radius 3 is 1.75 bits per heavy atom. The van der Waals surface area contributed by atoms with E-state index in [0.717, 1.165) is 32.5 Å². The van der Waals surface area contributed by atoms with Crippen molar-refractivity contribution in [3.63, 3.8) is 0 Å². The molecule has 4 aromatic rings. The number of aromatic amines is 1. The summed E-state index contributed by atoms with van der Waals surface area (Å²) in [5.41, 5.74) is 8.25. The molecule has 0 spiro atoms. The molecule has 10 atom stereocenters. The summed E-state index contributed by atoms with van der Waals surface area (Å²) in [4.78, 5) is 163. The van der Waals surface area contributed by atoms with E-state index in [0.29, 0.717) is 29.5 Å². The smallest absolute Gasteiger partial charge is 0.317 e. The molecule has 3 heterocycles. The zero-order valence-electron chi connectivity index (χ0n) is 56.5. The summed E-state index contributed by atoms with van der Waals surface area (Å²) < 4.78 is 0. The van der Waals surface area contributed by atoms with Crippen LogP contribution in [0.5, 0.6) is 5.75 Å². The molecular formula is C66H94GaN14O18S2. The van der Waals surface area contributed by atoms with Crippen molar-refractivity contribution in [3.05, 3.63) is 102 Å². The number of carbonyl (C=O) groups is 11. The number of unbranched alkanes of at least 4 members (excludes halogenated alkanes) is 1. The van der Waals surface area contributed by atoms with E-state index < -0.39 is 158 Å². The van der Waals surface area contributed by atoms with E-state index in [1.807, 2.05) is 24.3 Å². The second-order valence-corrected chi connectivity index (χ2v) is 27.4. The predicted molar refractivity (Wildman–Crippen MR) is 377 cm³/mol. The second kappa shape index (κ2) is 43.2. The number of aromatic hydroxyl groups is 1. The van der Waals surface area contributed by atoms with E-state index in [4.69, 9.17) is 5.73 Å². The molecule has 101 heavy (non-hydrogen) atoms. The van der Waals surface area contributed by atoms with E-state index in [2.05, 4.69) is 47.5 Å². The van der Waals surface area contributed by atoms with Crippen LogP contribution in [-0.4, -0.2) is 309 Å². The normalized spacial score (nSPS) is 21.8. The summed E-state index contributed by atoms with van der Waals surface area (Å²) in [7, 11) is 1.82. The van der Waals surface area contributed by atoms with Crippen LogP contribution in [0, 0.1) is 0 Å². The maximum Gasteiger partial charge on any atom is 0.317 e. The number of nitrogens with one attached hydrogen (secondary N) is 9. The third kappa shape index (κ3) is 29.2. The number of carbonyl (C=O) groups excluding carboxylic acids is 8. The summed E-state index contributed by atoms with van der Waals surface area (Å²) in [5.74, 6) is -11.2. The van der Waals surface area contributed by atoms with E-state index in [1.165, 1.54) is 38.1 Å². The van der Waals surface area contributed by atoms with Crippen molar-refractivity contribution in [1.29, 1.82) is 0 Å². The summed E-state index contributed by atoms with van der Waals surface area (Å²) in [6, 6.07) is 10.1. The molecule has 1 aromatic heterocycles. The van der Waals surface area contributed by atoms with Gasteiger partial charge < -0.3 is 89.0 Å². The van der Waals surface area contributed by atoms with Gasteiger partial charge in [0.05, 0.1) is 51.0 Å². The molecule has 32 nitrogen and oxygen atoms in total. The van der Waals surface area contributed by atoms with Gasteiger partial charge in [0.2, 0.25) is 47.3 Å². The van der Waals surface area contributed by atoms with Gasteiger partial charge in [-0.25, -0.2) is 0 Å². The van der Waals surface area contributed by atoms with E-state index in [1.54, 1.807) is 56.1 Å². The minimum Gasteiger partial charge on any atom is -0.508 e. The number of aromatic nitrogens is 1. The van der Waals surface area contributed by atoms with E-state index in [9.17, 15) is 74.1 Å². The molecule has 0 bridgehead atoms. The Morgan fingerprint density at radius 2 is 1.19 bits per heavy atom. The van der Waals surface area contributed by atoms with Crippen molar-refractivity contribution in [2.45, 2.75) is 119 Å². The summed E-state index contributed by atoms with van der Waals surface area (Å²) in [5, 5.41) is 93.6. The summed E-state index contributed by atoms with van der Waals surface area (Å²) >= 11 is 0. The number of aliphatic carboxylic acids is 3. The number of benzene rings is 3. The van der Waals surface area contributed by atoms with Crippen LogP contribution in [0.3, 0.4) is 0 Å². The van der Waals surface area contributed by atoms with Crippen molar-refractivity contribution in [2.75, 3.05) is 103 Å². The van der Waals surface area contributed by atoms with Gasteiger partial charge >= 0.3 is 17.9 Å². The zero-order chi connectivity index (χ0) is 72.8. The molecule has 3 radical (unpaired) electrons. The standard InChI is InChI=1S/C66H94N14O18S2.Ga/c1-40(82)52(37-81)73-65(97)54-39-100-99-38-53(74-63(95)50(28-42-10-4-3-5-11-42)71-56(86)33-77-20-22-78(34-57(87)88)24-26-80(36-59(91)92)27-25-79(23-21-77)35-58(89)90)64(96)72-51(29-43-15-17-46(84)18-16-43)62(94)69-45(30-44-32-68-48-13-7-6-12-47(44)48)31-55(85)70-49(14-8-9-19-67)61(93)76-60(41(2)83)66(98)75-54;/h3-7,10-13,15-18,32,40-41,45,49-54,60,68,81-84H,8-9,14,19-31,33-39,67H2,1-2H3,(H,69,94)(H,70,85)(H,71,86)(H,72,96)(H,73,97)(H,74,95)(H,75,98)(H,76,93)(H,87,88)(H,89,90)(H,91,92);/t40?,41?,45-,49+,50-,51+,52-,53+,54+,60+;/m1./s1/i;1-2. The fourth-order valence-corrected chi connectivity index (χ4v) is 13.6. The minimum atomic E-state index is -1.75. The van der Waals surface area contributed by atoms with Gasteiger partial charge in [-0.1, -0.05) is 82.3 Å². The zero-order valence-corrected chi connectivity index (χ0v) is 60.6. The van der Waals surface area contributed by atoms with Crippen LogP contribution in [0.1, 0.15) is 56.2 Å². The van der Waals surface area contributed by atoms with E-state index in [-0.39, 0.29) is 128 Å². The van der Waals surface area contributed by atoms with Gasteiger partial charge in [-0.2, -0.15) is 0 Å². The van der Waals surface area contributed by atoms with Gasteiger partial charge in [-0.05, 0) is 81.0 Å². The Labute approximate surface area is 605 Å². The number of phenolic OH excluding ortho intramolecular Hbond substituents is 1. The molecule has 2 fully saturated rings. The van der Waals surface area contributed by atoms with Gasteiger partial charge in [0.15, 0.2) is 0 Å². The van der Waals surface area contributed by atoms with Crippen molar-refractivity contribution >= 4 is 117 Å². The van der Waals surface area contributed by atoms with Crippen LogP contribution in [0.4, 0.5) is 0 Å². The van der Waals surface area contributed by atoms with Gasteiger partial charge in [-0.15, -0.1) is 0 Å². The van der Waals surface area contributed by atoms with Crippen LogP contribution >= 0.6 is 21.6 Å². The molecule has 35 heteroatoms. The number of carboxylic acid groups (broad SMARTS) is 3. The predicted octanol–water partition coefficient (Wildman–Crippen LogP) is -3.46. The number of rotatable bonds is 26. The fraction of sp³-hybridized carbons (Fsp3) is 0.530. The first kappa shape index (κ1) is 83.8. The van der Waals surface area contributed by atoms with Crippen molar-refractivity contribution < 1.29 is 88.5 Å². The van der Waals surface area contributed by atoms with Crippen molar-refractivity contribution in [2.24, 2.45) is 5.73 Å². The van der Waals surface area contributed by atoms with Gasteiger partial charge in [0, 0.05) is 126 Å². The Hall–Kier alpha value is -7.81. The molecule has 2 saturated heterocycles. The number of phenols is 1. The number of para-hydroxylation sites is 1. The number of nitrogens with zero attached hydrogens (tertiary/aromatic N) is 4. The Morgan fingerprint density at radius 1 is 0.624 bits per heavy atom. The molecule has 2 unspecified atom stereocenters. The average Bonchev–Trinajstić information content (AvgIpc) is 1.65. The van der Waals surface area contributed by atoms with Crippen molar-refractivity contribution in [1.82, 2.24) is 67.1 Å². The molecule has 18 N–H and O–H groups in total. The van der Waals surface area contributed by atoms with Crippen LogP contribution in [0.2, 0.25) is 0 Å². The number of nitrogens with two attached hydrogens (primary N) is 1. The molecule has 0 aliphatic carbocycles. The van der Waals surface area contributed by atoms with Crippen LogP contribution < -0.4 is 48.3 Å². The Balaban J connectivity index is 0.0000184. The largest absolute Gasteiger partial charge is 0.508 e. The number of aliphatic hydroxyl groups excluding tert-OH is 3. The maximum absolute atomic E-state index is 15.3. The second-order valence-electron chi connectivity index (χ2n) is 24.9. The Kier molecular flexibility index (Phi) is 35.9. The van der Waals surface area contributed by atoms with Crippen LogP contribution in [-0.2, 0) is 72.0 Å². The van der Waals surface area contributed by atoms with Gasteiger partial charge in [0.25, 0.3) is 0 Å². The quantitative estimate of drug-likeness (QED) is 0.0165. The molecule has 8 amide bonds. The first-order chi connectivity index (χ1) is 47.8. The topological polar surface area (TPSA) is 480 Å². The third-order valence-corrected chi connectivity index (χ3v) is 19.2. The summed E-state index contributed by atoms with van der Waals surface area (Å²) in [6.07, 6.45) is -1.27. The number of hydrogen-bond donors (Lipinski definition) is 17.